The van der Waals surface area contributed by atoms with E-state index in [0.717, 1.165) is 29.5 Å². The van der Waals surface area contributed by atoms with Crippen molar-refractivity contribution in [2.75, 3.05) is 36.4 Å². The smallest absolute Gasteiger partial charge is 0.255 e. The predicted molar refractivity (Wildman–Crippen MR) is 122 cm³/mol. The fourth-order valence-electron chi connectivity index (χ4n) is 3.80. The molecule has 0 atom stereocenters. The van der Waals surface area contributed by atoms with Gasteiger partial charge in [-0.1, -0.05) is 48.9 Å². The molecule has 0 unspecified atom stereocenters. The van der Waals surface area contributed by atoms with Crippen molar-refractivity contribution < 1.29 is 9.59 Å². The Morgan fingerprint density at radius 2 is 1.67 bits per heavy atom. The van der Waals surface area contributed by atoms with Crippen LogP contribution in [0.4, 0.5) is 11.4 Å². The molecule has 0 spiro atoms. The average molecular weight is 422 g/mol. The molecule has 1 aliphatic heterocycles. The van der Waals surface area contributed by atoms with Crippen molar-refractivity contribution in [2.24, 2.45) is 0 Å². The zero-order chi connectivity index (χ0) is 21.1. The first-order valence-electron chi connectivity index (χ1n) is 10.2. The van der Waals surface area contributed by atoms with Gasteiger partial charge in [0.25, 0.3) is 5.91 Å². The van der Waals surface area contributed by atoms with Crippen molar-refractivity contribution in [1.29, 1.82) is 0 Å². The predicted octanol–water partition coefficient (Wildman–Crippen LogP) is 4.80. The van der Waals surface area contributed by atoms with Gasteiger partial charge in [0.15, 0.2) is 0 Å². The maximum atomic E-state index is 12.7. The molecule has 5 nitrogen and oxygen atoms in total. The monoisotopic (exact) mass is 421 g/mol. The molecule has 30 heavy (non-hydrogen) atoms. The van der Waals surface area contributed by atoms with E-state index in [1.165, 1.54) is 0 Å². The molecule has 1 fully saturated rings. The average Bonchev–Trinajstić information content (AvgIpc) is 2.78. The first-order valence-corrected chi connectivity index (χ1v) is 10.6. The van der Waals surface area contributed by atoms with Gasteiger partial charge in [-0.2, -0.15) is 0 Å². The van der Waals surface area contributed by atoms with Crippen LogP contribution in [-0.2, 0) is 4.79 Å². The minimum absolute atomic E-state index is 0.170. The molecular formula is C24H24ClN3O2. The zero-order valence-corrected chi connectivity index (χ0v) is 17.7. The molecule has 0 bridgehead atoms. The minimum Gasteiger partial charge on any atom is -0.367 e. The summed E-state index contributed by atoms with van der Waals surface area (Å²) in [7, 11) is 0. The molecule has 0 aliphatic carbocycles. The summed E-state index contributed by atoms with van der Waals surface area (Å²) in [6, 6.07) is 19.2. The molecule has 1 saturated heterocycles. The van der Waals surface area contributed by atoms with Crippen LogP contribution in [0.5, 0.6) is 0 Å². The second-order valence-electron chi connectivity index (χ2n) is 7.40. The third-order valence-corrected chi connectivity index (χ3v) is 5.80. The number of nitrogens with zero attached hydrogens (tertiary/aromatic N) is 2. The van der Waals surface area contributed by atoms with Gasteiger partial charge in [-0.25, -0.2) is 0 Å². The summed E-state index contributed by atoms with van der Waals surface area (Å²) in [6.07, 6.45) is 0.534. The number of nitrogens with one attached hydrogen (secondary N) is 1. The molecule has 3 aromatic rings. The number of carbonyl (C=O) groups excluding carboxylic acids is 2. The van der Waals surface area contributed by atoms with Crippen LogP contribution in [0.15, 0.2) is 60.7 Å². The molecule has 0 radical (unpaired) electrons. The number of amides is 2. The molecule has 3 aromatic carbocycles. The van der Waals surface area contributed by atoms with Crippen LogP contribution >= 0.6 is 11.6 Å². The number of hydrogen-bond acceptors (Lipinski definition) is 3. The Hall–Kier alpha value is -3.05. The third kappa shape index (κ3) is 4.26. The molecule has 0 saturated carbocycles. The van der Waals surface area contributed by atoms with E-state index in [1.54, 1.807) is 6.07 Å². The highest BCUT2D eigenvalue weighted by atomic mass is 35.5. The van der Waals surface area contributed by atoms with Crippen LogP contribution in [0.2, 0.25) is 5.02 Å². The molecule has 154 valence electrons. The van der Waals surface area contributed by atoms with Gasteiger partial charge >= 0.3 is 0 Å². The molecule has 2 amide bonds. The van der Waals surface area contributed by atoms with Crippen molar-refractivity contribution >= 4 is 45.6 Å². The number of anilines is 2. The third-order valence-electron chi connectivity index (χ3n) is 5.49. The quantitative estimate of drug-likeness (QED) is 0.658. The van der Waals surface area contributed by atoms with Crippen LogP contribution < -0.4 is 10.2 Å². The van der Waals surface area contributed by atoms with E-state index >= 15 is 0 Å². The lowest BCUT2D eigenvalue weighted by molar-refractivity contribution is -0.131. The Morgan fingerprint density at radius 1 is 0.933 bits per heavy atom. The van der Waals surface area contributed by atoms with E-state index < -0.39 is 0 Å². The number of rotatable bonds is 4. The summed E-state index contributed by atoms with van der Waals surface area (Å²) in [6.45, 7) is 4.77. The first kappa shape index (κ1) is 20.2. The van der Waals surface area contributed by atoms with Gasteiger partial charge in [-0.3, -0.25) is 9.59 Å². The molecular weight excluding hydrogens is 398 g/mol. The van der Waals surface area contributed by atoms with Crippen molar-refractivity contribution in [2.45, 2.75) is 13.3 Å². The second kappa shape index (κ2) is 8.76. The summed E-state index contributed by atoms with van der Waals surface area (Å²) in [5.74, 6) is 0.0174. The Bertz CT molecular complexity index is 1090. The molecule has 1 aliphatic rings. The van der Waals surface area contributed by atoms with E-state index in [1.807, 2.05) is 66.4 Å². The topological polar surface area (TPSA) is 52.7 Å². The van der Waals surface area contributed by atoms with Crippen molar-refractivity contribution in [3.05, 3.63) is 71.2 Å². The number of fused-ring (bicyclic) bond motifs is 1. The summed E-state index contributed by atoms with van der Waals surface area (Å²) >= 11 is 6.52. The van der Waals surface area contributed by atoms with E-state index in [9.17, 15) is 9.59 Å². The van der Waals surface area contributed by atoms with Gasteiger partial charge in [0.2, 0.25) is 5.91 Å². The van der Waals surface area contributed by atoms with Gasteiger partial charge in [0, 0.05) is 43.9 Å². The highest BCUT2D eigenvalue weighted by molar-refractivity contribution is 6.33. The van der Waals surface area contributed by atoms with Crippen LogP contribution in [0.25, 0.3) is 10.8 Å². The molecule has 6 heteroatoms. The Labute approximate surface area is 181 Å². The van der Waals surface area contributed by atoms with Crippen molar-refractivity contribution in [3.63, 3.8) is 0 Å². The second-order valence-corrected chi connectivity index (χ2v) is 7.81. The summed E-state index contributed by atoms with van der Waals surface area (Å²) in [5.41, 5.74) is 2.18. The normalized spacial score (nSPS) is 14.1. The Morgan fingerprint density at radius 3 is 2.37 bits per heavy atom. The minimum atomic E-state index is -0.170. The maximum absolute atomic E-state index is 12.7. The molecule has 1 heterocycles. The molecule has 0 aromatic heterocycles. The SMILES string of the molecule is CCC(=O)N1CCN(c2ccc(NC(=O)c3ccc4ccccc4c3)cc2Cl)CC1. The lowest BCUT2D eigenvalue weighted by Crippen LogP contribution is -2.48. The van der Waals surface area contributed by atoms with Crippen molar-refractivity contribution in [3.8, 4) is 0 Å². The van der Waals surface area contributed by atoms with E-state index in [0.29, 0.717) is 35.8 Å². The van der Waals surface area contributed by atoms with Crippen LogP contribution in [0.1, 0.15) is 23.7 Å². The van der Waals surface area contributed by atoms with Gasteiger partial charge in [-0.15, -0.1) is 0 Å². The Balaban J connectivity index is 1.44. The van der Waals surface area contributed by atoms with Gasteiger partial charge < -0.3 is 15.1 Å². The summed E-state index contributed by atoms with van der Waals surface area (Å²) in [4.78, 5) is 28.6. The van der Waals surface area contributed by atoms with E-state index in [2.05, 4.69) is 10.2 Å². The standard InChI is InChI=1S/C24H24ClN3O2/c1-2-23(29)28-13-11-27(12-14-28)22-10-9-20(16-21(22)25)26-24(30)19-8-7-17-5-3-4-6-18(17)15-19/h3-10,15-16H,2,11-14H2,1H3,(H,26,30). The number of benzene rings is 3. The van der Waals surface area contributed by atoms with Gasteiger partial charge in [-0.05, 0) is 41.1 Å². The molecule has 1 N–H and O–H groups in total. The Kier molecular flexibility index (Phi) is 5.91. The molecule has 4 rings (SSSR count). The summed E-state index contributed by atoms with van der Waals surface area (Å²) < 4.78 is 0. The van der Waals surface area contributed by atoms with Gasteiger partial charge in [0.1, 0.15) is 0 Å². The fraction of sp³-hybridized carbons (Fsp3) is 0.250. The number of carbonyl (C=O) groups is 2. The van der Waals surface area contributed by atoms with E-state index in [-0.39, 0.29) is 11.8 Å². The van der Waals surface area contributed by atoms with Crippen LogP contribution in [0.3, 0.4) is 0 Å². The first-order chi connectivity index (χ1) is 14.5. The number of piperazine rings is 1. The highest BCUT2D eigenvalue weighted by Crippen LogP contribution is 2.30. The maximum Gasteiger partial charge on any atom is 0.255 e. The lowest BCUT2D eigenvalue weighted by atomic mass is 10.1. The number of halogens is 1. The van der Waals surface area contributed by atoms with Crippen LogP contribution in [-0.4, -0.2) is 42.9 Å². The van der Waals surface area contributed by atoms with E-state index in [4.69, 9.17) is 11.6 Å². The van der Waals surface area contributed by atoms with Crippen molar-refractivity contribution in [1.82, 2.24) is 4.90 Å². The largest absolute Gasteiger partial charge is 0.367 e. The van der Waals surface area contributed by atoms with Crippen LogP contribution in [0, 0.1) is 0 Å². The number of hydrogen-bond donors (Lipinski definition) is 1. The fourth-order valence-corrected chi connectivity index (χ4v) is 4.10. The highest BCUT2D eigenvalue weighted by Gasteiger charge is 2.21. The lowest BCUT2D eigenvalue weighted by Gasteiger charge is -2.36. The summed E-state index contributed by atoms with van der Waals surface area (Å²) in [5, 5.41) is 5.64. The zero-order valence-electron chi connectivity index (χ0n) is 16.9. The van der Waals surface area contributed by atoms with Gasteiger partial charge in [0.05, 0.1) is 10.7 Å².